The largest absolute Gasteiger partial charge is 0.330 e. The van der Waals surface area contributed by atoms with E-state index in [-0.39, 0.29) is 17.2 Å². The van der Waals surface area contributed by atoms with Gasteiger partial charge in [0.2, 0.25) is 15.9 Å². The Bertz CT molecular complexity index is 1100. The topological polar surface area (TPSA) is 97.2 Å². The van der Waals surface area contributed by atoms with Gasteiger partial charge in [-0.05, 0) is 36.8 Å². The maximum atomic E-state index is 12.7. The van der Waals surface area contributed by atoms with Gasteiger partial charge in [0.25, 0.3) is 0 Å². The Morgan fingerprint density at radius 2 is 1.90 bits per heavy atom. The molecule has 0 aliphatic carbocycles. The molecule has 0 atom stereocenters. The van der Waals surface area contributed by atoms with E-state index < -0.39 is 10.0 Å². The fourth-order valence-corrected chi connectivity index (χ4v) is 4.54. The number of hydrogen-bond acceptors (Lipinski definition) is 5. The Kier molecular flexibility index (Phi) is 6.29. The van der Waals surface area contributed by atoms with E-state index in [1.54, 1.807) is 36.8 Å². The van der Waals surface area contributed by atoms with Crippen LogP contribution in [0.15, 0.2) is 47.8 Å². The van der Waals surface area contributed by atoms with Crippen LogP contribution >= 0.6 is 0 Å². The van der Waals surface area contributed by atoms with Crippen LogP contribution < -0.4 is 5.32 Å². The third-order valence-corrected chi connectivity index (χ3v) is 6.74. The van der Waals surface area contributed by atoms with Crippen LogP contribution in [0.1, 0.15) is 25.8 Å². The second kappa shape index (κ2) is 8.71. The first-order valence-corrected chi connectivity index (χ1v) is 11.0. The molecule has 0 bridgehead atoms. The summed E-state index contributed by atoms with van der Waals surface area (Å²) in [6.45, 7) is 6.81. The summed E-state index contributed by atoms with van der Waals surface area (Å²) in [6, 6.07) is 8.55. The van der Waals surface area contributed by atoms with E-state index in [2.05, 4.69) is 15.3 Å². The van der Waals surface area contributed by atoms with Crippen molar-refractivity contribution in [3.63, 3.8) is 0 Å². The standard InChI is InChI=1S/C20H25N5O3S/c1-4-25(5-2)29(27,28)16-7-8-18-17(12-16)22-14-24(18)11-10-20(26)23-19-9-6-15(3)13-21-19/h6-9,12-14H,4-5,10-11H2,1-3H3,(H,21,23,26). The highest BCUT2D eigenvalue weighted by Crippen LogP contribution is 2.21. The predicted molar refractivity (Wildman–Crippen MR) is 112 cm³/mol. The first-order chi connectivity index (χ1) is 13.8. The number of nitrogens with zero attached hydrogens (tertiary/aromatic N) is 4. The van der Waals surface area contributed by atoms with E-state index in [0.29, 0.717) is 31.0 Å². The van der Waals surface area contributed by atoms with Gasteiger partial charge in [0.1, 0.15) is 5.82 Å². The van der Waals surface area contributed by atoms with Gasteiger partial charge in [-0.1, -0.05) is 19.9 Å². The van der Waals surface area contributed by atoms with Crippen LogP contribution in [-0.2, 0) is 21.4 Å². The summed E-state index contributed by atoms with van der Waals surface area (Å²) in [4.78, 5) is 20.9. The molecule has 0 radical (unpaired) electrons. The van der Waals surface area contributed by atoms with Gasteiger partial charge in [-0.15, -0.1) is 0 Å². The van der Waals surface area contributed by atoms with E-state index in [9.17, 15) is 13.2 Å². The van der Waals surface area contributed by atoms with Crippen LogP contribution in [0.5, 0.6) is 0 Å². The van der Waals surface area contributed by atoms with Gasteiger partial charge >= 0.3 is 0 Å². The number of amides is 1. The van der Waals surface area contributed by atoms with Gasteiger partial charge in [-0.3, -0.25) is 4.79 Å². The van der Waals surface area contributed by atoms with Crippen molar-refractivity contribution < 1.29 is 13.2 Å². The predicted octanol–water partition coefficient (Wildman–Crippen LogP) is 2.80. The summed E-state index contributed by atoms with van der Waals surface area (Å²) in [6.07, 6.45) is 3.57. The van der Waals surface area contributed by atoms with Crippen LogP contribution in [0.25, 0.3) is 11.0 Å². The molecule has 0 aliphatic heterocycles. The average molecular weight is 416 g/mol. The number of carbonyl (C=O) groups is 1. The molecule has 0 aliphatic rings. The smallest absolute Gasteiger partial charge is 0.243 e. The number of carbonyl (C=O) groups excluding carboxylic acids is 1. The number of aromatic nitrogens is 3. The first kappa shape index (κ1) is 20.9. The molecule has 0 spiro atoms. The van der Waals surface area contributed by atoms with Gasteiger partial charge in [0, 0.05) is 32.3 Å². The Morgan fingerprint density at radius 1 is 1.14 bits per heavy atom. The highest BCUT2D eigenvalue weighted by Gasteiger charge is 2.22. The zero-order chi connectivity index (χ0) is 21.0. The molecule has 1 N–H and O–H groups in total. The van der Waals surface area contributed by atoms with E-state index in [1.807, 2.05) is 31.4 Å². The monoisotopic (exact) mass is 415 g/mol. The Hall–Kier alpha value is -2.78. The second-order valence-electron chi connectivity index (χ2n) is 6.70. The molecule has 0 unspecified atom stereocenters. The number of benzene rings is 1. The van der Waals surface area contributed by atoms with Crippen LogP contribution in [0.4, 0.5) is 5.82 Å². The van der Waals surface area contributed by atoms with E-state index in [4.69, 9.17) is 0 Å². The number of imidazole rings is 1. The lowest BCUT2D eigenvalue weighted by molar-refractivity contribution is -0.116. The molecular weight excluding hydrogens is 390 g/mol. The molecule has 1 aromatic carbocycles. The van der Waals surface area contributed by atoms with Crippen molar-refractivity contribution in [2.24, 2.45) is 0 Å². The molecule has 8 nitrogen and oxygen atoms in total. The lowest BCUT2D eigenvalue weighted by atomic mass is 10.3. The minimum absolute atomic E-state index is 0.149. The molecule has 29 heavy (non-hydrogen) atoms. The highest BCUT2D eigenvalue weighted by atomic mass is 32.2. The van der Waals surface area contributed by atoms with Crippen molar-refractivity contribution in [3.05, 3.63) is 48.4 Å². The van der Waals surface area contributed by atoms with Gasteiger partial charge in [-0.25, -0.2) is 18.4 Å². The van der Waals surface area contributed by atoms with Gasteiger partial charge in [-0.2, -0.15) is 4.31 Å². The number of pyridine rings is 1. The van der Waals surface area contributed by atoms with Crippen LogP contribution in [0, 0.1) is 6.92 Å². The maximum Gasteiger partial charge on any atom is 0.243 e. The molecule has 154 valence electrons. The Balaban J connectivity index is 1.71. The number of rotatable bonds is 8. The number of sulfonamides is 1. The summed E-state index contributed by atoms with van der Waals surface area (Å²) >= 11 is 0. The van der Waals surface area contributed by atoms with Gasteiger partial charge < -0.3 is 9.88 Å². The molecular formula is C20H25N5O3S. The minimum atomic E-state index is -3.53. The SMILES string of the molecule is CCN(CC)S(=O)(=O)c1ccc2c(c1)ncn2CCC(=O)Nc1ccc(C)cn1. The molecule has 9 heteroatoms. The van der Waals surface area contributed by atoms with Crippen molar-refractivity contribution in [1.29, 1.82) is 0 Å². The summed E-state index contributed by atoms with van der Waals surface area (Å²) in [7, 11) is -3.53. The van der Waals surface area contributed by atoms with Crippen molar-refractivity contribution >= 4 is 32.8 Å². The highest BCUT2D eigenvalue weighted by molar-refractivity contribution is 7.89. The lowest BCUT2D eigenvalue weighted by Gasteiger charge is -2.18. The molecule has 2 aromatic heterocycles. The Morgan fingerprint density at radius 3 is 2.55 bits per heavy atom. The minimum Gasteiger partial charge on any atom is -0.330 e. The zero-order valence-corrected chi connectivity index (χ0v) is 17.6. The normalized spacial score (nSPS) is 11.9. The van der Waals surface area contributed by atoms with Crippen molar-refractivity contribution in [3.8, 4) is 0 Å². The van der Waals surface area contributed by atoms with Crippen molar-refractivity contribution in [2.45, 2.75) is 38.6 Å². The van der Waals surface area contributed by atoms with Gasteiger partial charge in [0.05, 0.1) is 22.3 Å². The molecule has 1 amide bonds. The number of fused-ring (bicyclic) bond motifs is 1. The first-order valence-electron chi connectivity index (χ1n) is 9.52. The molecule has 0 saturated heterocycles. The quantitative estimate of drug-likeness (QED) is 0.610. The number of aryl methyl sites for hydroxylation is 2. The number of anilines is 1. The molecule has 3 aromatic rings. The second-order valence-corrected chi connectivity index (χ2v) is 8.63. The third-order valence-electron chi connectivity index (χ3n) is 4.69. The molecule has 0 fully saturated rings. The Labute approximate surface area is 170 Å². The van der Waals surface area contributed by atoms with E-state index >= 15 is 0 Å². The molecule has 0 saturated carbocycles. The van der Waals surface area contributed by atoms with Crippen LogP contribution in [0.3, 0.4) is 0 Å². The van der Waals surface area contributed by atoms with E-state index in [0.717, 1.165) is 11.1 Å². The van der Waals surface area contributed by atoms with Crippen LogP contribution in [-0.4, -0.2) is 46.3 Å². The molecule has 3 rings (SSSR count). The van der Waals surface area contributed by atoms with Crippen molar-refractivity contribution in [2.75, 3.05) is 18.4 Å². The lowest BCUT2D eigenvalue weighted by Crippen LogP contribution is -2.30. The summed E-state index contributed by atoms with van der Waals surface area (Å²) in [5, 5.41) is 2.77. The zero-order valence-electron chi connectivity index (χ0n) is 16.8. The number of hydrogen-bond donors (Lipinski definition) is 1. The average Bonchev–Trinajstić information content (AvgIpc) is 3.11. The fraction of sp³-hybridized carbons (Fsp3) is 0.350. The number of nitrogens with one attached hydrogen (secondary N) is 1. The van der Waals surface area contributed by atoms with E-state index in [1.165, 1.54) is 4.31 Å². The summed E-state index contributed by atoms with van der Waals surface area (Å²) in [5.41, 5.74) is 2.39. The maximum absolute atomic E-state index is 12.7. The molecule has 2 heterocycles. The van der Waals surface area contributed by atoms with Gasteiger partial charge in [0.15, 0.2) is 0 Å². The van der Waals surface area contributed by atoms with Crippen molar-refractivity contribution in [1.82, 2.24) is 18.8 Å². The summed E-state index contributed by atoms with van der Waals surface area (Å²) in [5.74, 6) is 0.367. The van der Waals surface area contributed by atoms with Crippen LogP contribution in [0.2, 0.25) is 0 Å². The third kappa shape index (κ3) is 4.63. The summed E-state index contributed by atoms with van der Waals surface area (Å²) < 4.78 is 28.6. The fourth-order valence-electron chi connectivity index (χ4n) is 3.06.